The molecule has 0 atom stereocenters. The molecule has 1 heterocycles. The highest BCUT2D eigenvalue weighted by atomic mass is 79.9. The van der Waals surface area contributed by atoms with Gasteiger partial charge in [0.25, 0.3) is 0 Å². The lowest BCUT2D eigenvalue weighted by Crippen LogP contribution is -2.11. The molecule has 1 aliphatic rings. The van der Waals surface area contributed by atoms with Crippen molar-refractivity contribution in [3.05, 3.63) is 69.7 Å². The van der Waals surface area contributed by atoms with E-state index in [-0.39, 0.29) is 5.78 Å². The summed E-state index contributed by atoms with van der Waals surface area (Å²) in [6.45, 7) is 0. The van der Waals surface area contributed by atoms with Gasteiger partial charge in [-0.05, 0) is 35.9 Å². The predicted octanol–water partition coefficient (Wildman–Crippen LogP) is 4.82. The number of hydrogen-bond donors (Lipinski definition) is 0. The monoisotopic (exact) mass is 330 g/mol. The zero-order valence-electron chi connectivity index (χ0n) is 10.1. The molecule has 3 heteroatoms. The van der Waals surface area contributed by atoms with Gasteiger partial charge in [0.15, 0.2) is 5.78 Å². The molecule has 1 aliphatic heterocycles. The van der Waals surface area contributed by atoms with Crippen LogP contribution >= 0.6 is 27.7 Å². The fraction of sp³-hybridized carbons (Fsp3) is 0.0625. The molecule has 0 saturated heterocycles. The van der Waals surface area contributed by atoms with Crippen LogP contribution in [-0.4, -0.2) is 11.5 Å². The summed E-state index contributed by atoms with van der Waals surface area (Å²) in [6, 6.07) is 15.8. The van der Waals surface area contributed by atoms with Gasteiger partial charge in [0.2, 0.25) is 0 Å². The number of carbonyl (C=O) groups excluding carboxylic acids is 1. The van der Waals surface area contributed by atoms with Crippen molar-refractivity contribution >= 4 is 39.6 Å². The van der Waals surface area contributed by atoms with Crippen molar-refractivity contribution in [1.29, 1.82) is 0 Å². The van der Waals surface area contributed by atoms with Crippen LogP contribution in [0.2, 0.25) is 0 Å². The van der Waals surface area contributed by atoms with Gasteiger partial charge in [-0.2, -0.15) is 0 Å². The molecule has 94 valence electrons. The number of thioether (sulfide) groups is 1. The largest absolute Gasteiger partial charge is 0.289 e. The number of rotatable bonds is 1. The number of fused-ring (bicyclic) bond motifs is 1. The Balaban J connectivity index is 1.96. The van der Waals surface area contributed by atoms with E-state index in [1.54, 1.807) is 11.8 Å². The van der Waals surface area contributed by atoms with Gasteiger partial charge in [0, 0.05) is 26.3 Å². The maximum atomic E-state index is 12.4. The average molecular weight is 331 g/mol. The molecule has 0 radical (unpaired) electrons. The number of carbonyl (C=O) groups is 1. The standard InChI is InChI=1S/C16H11BrOS/c17-13-7-5-11(6-8-13)9-12-10-19-15-4-2-1-3-14(15)16(12)18/h1-9H,10H2. The van der Waals surface area contributed by atoms with E-state index < -0.39 is 0 Å². The van der Waals surface area contributed by atoms with Crippen molar-refractivity contribution in [1.82, 2.24) is 0 Å². The number of hydrogen-bond acceptors (Lipinski definition) is 2. The molecule has 0 aliphatic carbocycles. The quantitative estimate of drug-likeness (QED) is 0.697. The summed E-state index contributed by atoms with van der Waals surface area (Å²) in [5, 5.41) is 0. The van der Waals surface area contributed by atoms with E-state index in [1.807, 2.05) is 54.6 Å². The Morgan fingerprint density at radius 1 is 1.05 bits per heavy atom. The van der Waals surface area contributed by atoms with Gasteiger partial charge in [0.05, 0.1) is 0 Å². The molecular formula is C16H11BrOS. The minimum Gasteiger partial charge on any atom is -0.289 e. The Bertz CT molecular complexity index is 659. The third-order valence-electron chi connectivity index (χ3n) is 3.02. The topological polar surface area (TPSA) is 17.1 Å². The van der Waals surface area contributed by atoms with E-state index >= 15 is 0 Å². The van der Waals surface area contributed by atoms with Crippen LogP contribution in [0.5, 0.6) is 0 Å². The molecule has 1 nitrogen and oxygen atoms in total. The van der Waals surface area contributed by atoms with Gasteiger partial charge in [-0.3, -0.25) is 4.79 Å². The first-order valence-corrected chi connectivity index (χ1v) is 7.74. The Morgan fingerprint density at radius 2 is 1.79 bits per heavy atom. The van der Waals surface area contributed by atoms with E-state index in [2.05, 4.69) is 15.9 Å². The Hall–Kier alpha value is -1.32. The number of ketones is 1. The van der Waals surface area contributed by atoms with Gasteiger partial charge in [-0.25, -0.2) is 0 Å². The second kappa shape index (κ2) is 5.35. The second-order valence-electron chi connectivity index (χ2n) is 4.34. The summed E-state index contributed by atoms with van der Waals surface area (Å²) in [7, 11) is 0. The second-order valence-corrected chi connectivity index (χ2v) is 6.27. The van der Waals surface area contributed by atoms with E-state index in [1.165, 1.54) is 0 Å². The molecule has 2 aromatic rings. The number of benzene rings is 2. The smallest absolute Gasteiger partial charge is 0.191 e. The molecular weight excluding hydrogens is 320 g/mol. The summed E-state index contributed by atoms with van der Waals surface area (Å²) in [5.41, 5.74) is 2.75. The van der Waals surface area contributed by atoms with E-state index in [0.717, 1.165) is 31.8 Å². The predicted molar refractivity (Wildman–Crippen MR) is 83.6 cm³/mol. The number of halogens is 1. The van der Waals surface area contributed by atoms with Crippen LogP contribution in [0.1, 0.15) is 15.9 Å². The first kappa shape index (κ1) is 12.7. The van der Waals surface area contributed by atoms with Gasteiger partial charge >= 0.3 is 0 Å². The molecule has 0 bridgehead atoms. The van der Waals surface area contributed by atoms with Crippen molar-refractivity contribution in [2.24, 2.45) is 0 Å². The van der Waals surface area contributed by atoms with Crippen LogP contribution in [0, 0.1) is 0 Å². The maximum absolute atomic E-state index is 12.4. The van der Waals surface area contributed by atoms with Crippen LogP contribution in [-0.2, 0) is 0 Å². The molecule has 0 unspecified atom stereocenters. The van der Waals surface area contributed by atoms with E-state index in [9.17, 15) is 4.79 Å². The average Bonchev–Trinajstić information content (AvgIpc) is 2.45. The summed E-state index contributed by atoms with van der Waals surface area (Å²) in [5.74, 6) is 0.892. The zero-order chi connectivity index (χ0) is 13.2. The highest BCUT2D eigenvalue weighted by molar-refractivity contribution is 9.10. The van der Waals surface area contributed by atoms with Crippen molar-refractivity contribution < 1.29 is 4.79 Å². The summed E-state index contributed by atoms with van der Waals surface area (Å²) in [6.07, 6.45) is 1.98. The van der Waals surface area contributed by atoms with Crippen LogP contribution in [0.3, 0.4) is 0 Å². The van der Waals surface area contributed by atoms with Gasteiger partial charge in [0.1, 0.15) is 0 Å². The lowest BCUT2D eigenvalue weighted by molar-refractivity contribution is 0.103. The Morgan fingerprint density at radius 3 is 2.58 bits per heavy atom. The number of Topliss-reactive ketones (excluding diaryl/α,β-unsaturated/α-hetero) is 1. The van der Waals surface area contributed by atoms with E-state index in [4.69, 9.17) is 0 Å². The van der Waals surface area contributed by atoms with Crippen molar-refractivity contribution in [3.63, 3.8) is 0 Å². The lowest BCUT2D eigenvalue weighted by atomic mass is 10.0. The minimum absolute atomic E-state index is 0.150. The normalized spacial score (nSPS) is 16.5. The van der Waals surface area contributed by atoms with Crippen molar-refractivity contribution in [3.8, 4) is 0 Å². The molecule has 0 saturated carbocycles. The molecule has 0 amide bonds. The van der Waals surface area contributed by atoms with E-state index in [0.29, 0.717) is 0 Å². The molecule has 19 heavy (non-hydrogen) atoms. The van der Waals surface area contributed by atoms with Gasteiger partial charge < -0.3 is 0 Å². The summed E-state index contributed by atoms with van der Waals surface area (Å²) in [4.78, 5) is 13.5. The van der Waals surface area contributed by atoms with Crippen LogP contribution in [0.25, 0.3) is 6.08 Å². The van der Waals surface area contributed by atoms with Crippen molar-refractivity contribution in [2.45, 2.75) is 4.90 Å². The first-order chi connectivity index (χ1) is 9.24. The third kappa shape index (κ3) is 2.67. The molecule has 0 fully saturated rings. The maximum Gasteiger partial charge on any atom is 0.191 e. The SMILES string of the molecule is O=C1C(=Cc2ccc(Br)cc2)CSc2ccccc21. The molecule has 0 N–H and O–H groups in total. The minimum atomic E-state index is 0.150. The summed E-state index contributed by atoms with van der Waals surface area (Å²) < 4.78 is 1.05. The fourth-order valence-electron chi connectivity index (χ4n) is 2.04. The molecule has 0 spiro atoms. The molecule has 0 aromatic heterocycles. The van der Waals surface area contributed by atoms with Gasteiger partial charge in [-0.1, -0.05) is 40.2 Å². The first-order valence-electron chi connectivity index (χ1n) is 5.97. The van der Waals surface area contributed by atoms with Gasteiger partial charge in [-0.15, -0.1) is 11.8 Å². The lowest BCUT2D eigenvalue weighted by Gasteiger charge is -2.16. The highest BCUT2D eigenvalue weighted by Gasteiger charge is 2.21. The molecule has 2 aromatic carbocycles. The fourth-order valence-corrected chi connectivity index (χ4v) is 3.32. The Labute approximate surface area is 124 Å². The van der Waals surface area contributed by atoms with Crippen LogP contribution in [0.4, 0.5) is 0 Å². The Kier molecular flexibility index (Phi) is 3.58. The molecule has 3 rings (SSSR count). The van der Waals surface area contributed by atoms with Crippen molar-refractivity contribution in [2.75, 3.05) is 5.75 Å². The summed E-state index contributed by atoms with van der Waals surface area (Å²) >= 11 is 5.14. The van der Waals surface area contributed by atoms with Crippen LogP contribution < -0.4 is 0 Å². The zero-order valence-corrected chi connectivity index (χ0v) is 12.5. The van der Waals surface area contributed by atoms with Crippen LogP contribution in [0.15, 0.2) is 63.5 Å². The third-order valence-corrected chi connectivity index (χ3v) is 4.67. The highest BCUT2D eigenvalue weighted by Crippen LogP contribution is 2.33.